The second-order valence-corrected chi connectivity index (χ2v) is 16.9. The predicted octanol–water partition coefficient (Wildman–Crippen LogP) is 3.99. The van der Waals surface area contributed by atoms with Crippen LogP contribution in [0.2, 0.25) is 25.7 Å². The summed E-state index contributed by atoms with van der Waals surface area (Å²) < 4.78 is 49.2. The molecule has 0 spiro atoms. The fraction of sp³-hybridized carbons (Fsp3) is 0.400. The molecule has 1 N–H and O–H groups in total. The molecule has 14 heteroatoms. The molecule has 0 radical (unpaired) electrons. The number of pyridine rings is 2. The van der Waals surface area contributed by atoms with E-state index in [1.54, 1.807) is 20.0 Å². The molecule has 3 aromatic heterocycles. The first-order chi connectivity index (χ1) is 18.3. The summed E-state index contributed by atoms with van der Waals surface area (Å²) in [4.78, 5) is 22.8. The second-order valence-electron chi connectivity index (χ2n) is 11.2. The van der Waals surface area contributed by atoms with Crippen LogP contribution < -0.4 is 10.5 Å². The Kier molecular flexibility index (Phi) is 6.70. The van der Waals surface area contributed by atoms with Gasteiger partial charge in [-0.05, 0) is 26.0 Å². The zero-order valence-corrected chi connectivity index (χ0v) is 23.3. The third-order valence-corrected chi connectivity index (χ3v) is 8.29. The molecular weight excluding hydrogens is 529 g/mol. The molecule has 5 heterocycles. The van der Waals surface area contributed by atoms with E-state index in [0.29, 0.717) is 23.4 Å². The van der Waals surface area contributed by atoms with Crippen LogP contribution in [0.5, 0.6) is 0 Å². The zero-order chi connectivity index (χ0) is 28.1. The maximum absolute atomic E-state index is 14.3. The Morgan fingerprint density at radius 3 is 2.51 bits per heavy atom. The molecule has 1 saturated heterocycles. The van der Waals surface area contributed by atoms with E-state index < -0.39 is 30.9 Å². The van der Waals surface area contributed by atoms with Crippen LogP contribution in [-0.2, 0) is 16.1 Å². The van der Waals surface area contributed by atoms with Gasteiger partial charge >= 0.3 is 0 Å². The Labute approximate surface area is 224 Å². The summed E-state index contributed by atoms with van der Waals surface area (Å²) in [5.74, 6) is -2.19. The molecule has 0 bridgehead atoms. The number of nitrogens with one attached hydrogen (secondary N) is 1. The van der Waals surface area contributed by atoms with E-state index in [4.69, 9.17) is 4.74 Å². The number of carbonyl (C=O) groups excluding carboxylic acids is 1. The van der Waals surface area contributed by atoms with Gasteiger partial charge in [-0.25, -0.2) is 33.4 Å². The van der Waals surface area contributed by atoms with Crippen LogP contribution in [0.25, 0.3) is 11.0 Å². The van der Waals surface area contributed by atoms with Gasteiger partial charge in [0, 0.05) is 20.7 Å². The number of nitrogens with zero attached hydrogens (tertiary/aromatic N) is 7. The normalized spacial score (nSPS) is 16.9. The molecule has 10 nitrogen and oxygen atoms in total. The number of hydrazone groups is 1. The Bertz CT molecular complexity index is 1510. The van der Waals surface area contributed by atoms with Gasteiger partial charge in [0.05, 0.1) is 47.3 Å². The van der Waals surface area contributed by atoms with Crippen molar-refractivity contribution in [1.82, 2.24) is 30.2 Å². The summed E-state index contributed by atoms with van der Waals surface area (Å²) in [5, 5.41) is 10.7. The van der Waals surface area contributed by atoms with Crippen LogP contribution in [0.1, 0.15) is 19.5 Å². The van der Waals surface area contributed by atoms with E-state index in [1.165, 1.54) is 20.7 Å². The van der Waals surface area contributed by atoms with Crippen molar-refractivity contribution in [3.05, 3.63) is 59.6 Å². The lowest BCUT2D eigenvalue weighted by Gasteiger charge is -2.26. The molecule has 5 rings (SSSR count). The molecule has 0 aliphatic carbocycles. The zero-order valence-electron chi connectivity index (χ0n) is 22.3. The number of likely N-dealkylation sites (tertiary alicyclic amines) is 1. The van der Waals surface area contributed by atoms with Crippen LogP contribution in [0.4, 0.5) is 19.0 Å². The van der Waals surface area contributed by atoms with Crippen molar-refractivity contribution < 1.29 is 22.7 Å². The van der Waals surface area contributed by atoms with E-state index in [2.05, 4.69) is 45.3 Å². The molecule has 206 valence electrons. The molecule has 1 amide bonds. The summed E-state index contributed by atoms with van der Waals surface area (Å²) in [7, 11) is -1.31. The van der Waals surface area contributed by atoms with Gasteiger partial charge in [0.1, 0.15) is 29.9 Å². The van der Waals surface area contributed by atoms with Gasteiger partial charge in [0.2, 0.25) is 5.91 Å². The van der Waals surface area contributed by atoms with E-state index in [9.17, 15) is 18.0 Å². The number of amides is 1. The number of hydrogen-bond donors (Lipinski definition) is 1. The third-order valence-electron chi connectivity index (χ3n) is 6.59. The fourth-order valence-electron chi connectivity index (χ4n) is 4.36. The van der Waals surface area contributed by atoms with Gasteiger partial charge in [-0.1, -0.05) is 19.6 Å². The highest BCUT2D eigenvalue weighted by molar-refractivity contribution is 6.76. The SMILES string of the molecule is CC1(C)C(=O)N(COCC[Si](C)(C)C)C2=CN(c3nn(Cc4ncc(F)cc4F)c4ncc(F)cc34)NN=C21. The number of hydrogen-bond acceptors (Lipinski definition) is 8. The van der Waals surface area contributed by atoms with Crippen LogP contribution in [0.3, 0.4) is 0 Å². The van der Waals surface area contributed by atoms with Gasteiger partial charge in [-0.3, -0.25) is 14.7 Å². The topological polar surface area (TPSA) is 101 Å². The van der Waals surface area contributed by atoms with E-state index in [1.807, 2.05) is 0 Å². The summed E-state index contributed by atoms with van der Waals surface area (Å²) >= 11 is 0. The van der Waals surface area contributed by atoms with Gasteiger partial charge < -0.3 is 4.74 Å². The summed E-state index contributed by atoms with van der Waals surface area (Å²) in [6.07, 6.45) is 3.57. The van der Waals surface area contributed by atoms with Gasteiger partial charge in [0.25, 0.3) is 0 Å². The van der Waals surface area contributed by atoms with Crippen molar-refractivity contribution >= 4 is 36.5 Å². The molecule has 39 heavy (non-hydrogen) atoms. The smallest absolute Gasteiger partial charge is 0.240 e. The maximum atomic E-state index is 14.3. The monoisotopic (exact) mass is 558 g/mol. The first-order valence-corrected chi connectivity index (χ1v) is 16.1. The number of rotatable bonds is 8. The number of ether oxygens (including phenoxy) is 1. The average molecular weight is 559 g/mol. The summed E-state index contributed by atoms with van der Waals surface area (Å²) in [6, 6.07) is 2.93. The van der Waals surface area contributed by atoms with Crippen molar-refractivity contribution in [2.75, 3.05) is 18.3 Å². The average Bonchev–Trinajstić information content (AvgIpc) is 3.30. The number of allylic oxidation sites excluding steroid dienone is 1. The molecule has 0 unspecified atom stereocenters. The molecule has 3 aromatic rings. The van der Waals surface area contributed by atoms with Crippen molar-refractivity contribution in [3.63, 3.8) is 0 Å². The standard InChI is InChI=1S/C25H29F3N8O2Si/c1-25(2)21-20(34(24(25)37)14-38-6-7-39(3,4)5)13-36(33-31-21)23-17-8-15(26)11-30-22(17)35(32-23)12-19-18(28)9-16(27)10-29-19/h8-11,13,33H,6-7,12,14H2,1-5H3. The fourth-order valence-corrected chi connectivity index (χ4v) is 5.11. The largest absolute Gasteiger partial charge is 0.361 e. The van der Waals surface area contributed by atoms with Crippen molar-refractivity contribution in [2.45, 2.75) is 46.1 Å². The lowest BCUT2D eigenvalue weighted by molar-refractivity contribution is -0.136. The Balaban J connectivity index is 1.49. The highest BCUT2D eigenvalue weighted by Crippen LogP contribution is 2.38. The Morgan fingerprint density at radius 2 is 1.79 bits per heavy atom. The van der Waals surface area contributed by atoms with Gasteiger partial charge in [0.15, 0.2) is 11.5 Å². The molecule has 2 aliphatic rings. The molecule has 0 atom stereocenters. The quantitative estimate of drug-likeness (QED) is 0.330. The van der Waals surface area contributed by atoms with Crippen molar-refractivity contribution in [1.29, 1.82) is 0 Å². The first-order valence-electron chi connectivity index (χ1n) is 12.4. The van der Waals surface area contributed by atoms with Crippen molar-refractivity contribution in [3.8, 4) is 0 Å². The number of carbonyl (C=O) groups is 1. The molecule has 2 aliphatic heterocycles. The van der Waals surface area contributed by atoms with Crippen molar-refractivity contribution in [2.24, 2.45) is 10.5 Å². The maximum Gasteiger partial charge on any atom is 0.240 e. The number of anilines is 1. The molecule has 1 fully saturated rings. The predicted molar refractivity (Wildman–Crippen MR) is 141 cm³/mol. The lowest BCUT2D eigenvalue weighted by Crippen LogP contribution is -2.38. The lowest BCUT2D eigenvalue weighted by atomic mass is 9.89. The summed E-state index contributed by atoms with van der Waals surface area (Å²) in [6.45, 7) is 10.7. The van der Waals surface area contributed by atoms with E-state index >= 15 is 0 Å². The van der Waals surface area contributed by atoms with E-state index in [0.717, 1.165) is 24.5 Å². The number of halogens is 3. The summed E-state index contributed by atoms with van der Waals surface area (Å²) in [5.41, 5.74) is 3.21. The second kappa shape index (κ2) is 9.75. The third kappa shape index (κ3) is 5.13. The molecular formula is C25H29F3N8O2Si. The minimum atomic E-state index is -1.31. The molecule has 0 aromatic carbocycles. The van der Waals surface area contributed by atoms with Crippen LogP contribution in [-0.4, -0.2) is 57.7 Å². The highest BCUT2D eigenvalue weighted by Gasteiger charge is 2.50. The number of aromatic nitrogens is 4. The van der Waals surface area contributed by atoms with Crippen LogP contribution in [0.15, 0.2) is 41.5 Å². The van der Waals surface area contributed by atoms with Crippen LogP contribution >= 0.6 is 0 Å². The van der Waals surface area contributed by atoms with Gasteiger partial charge in [-0.15, -0.1) is 5.10 Å². The minimum absolute atomic E-state index is 0.0616. The Morgan fingerprint density at radius 1 is 1.08 bits per heavy atom. The minimum Gasteiger partial charge on any atom is -0.361 e. The van der Waals surface area contributed by atoms with Gasteiger partial charge in [-0.2, -0.15) is 5.10 Å². The highest BCUT2D eigenvalue weighted by atomic mass is 28.3. The molecule has 0 saturated carbocycles. The Hall–Kier alpha value is -3.78. The van der Waals surface area contributed by atoms with E-state index in [-0.39, 0.29) is 36.3 Å². The number of hydrazine groups is 1. The van der Waals surface area contributed by atoms with Crippen LogP contribution in [0, 0.1) is 22.9 Å². The number of fused-ring (bicyclic) bond motifs is 2. The first kappa shape index (κ1) is 26.8.